The van der Waals surface area contributed by atoms with Crippen LogP contribution in [0.3, 0.4) is 0 Å². The average molecular weight is 402 g/mol. The molecule has 0 amide bonds. The van der Waals surface area contributed by atoms with Gasteiger partial charge in [-0.25, -0.2) is 8.78 Å². The lowest BCUT2D eigenvalue weighted by Crippen LogP contribution is -2.04. The first kappa shape index (κ1) is 19.6. The second-order valence-electron chi connectivity index (χ2n) is 7.42. The van der Waals surface area contributed by atoms with Gasteiger partial charge in [-0.1, -0.05) is 43.7 Å². The van der Waals surface area contributed by atoms with Crippen LogP contribution in [0.25, 0.3) is 22.3 Å². The Kier molecular flexibility index (Phi) is 4.93. The number of aryl methyl sites for hydroxylation is 1. The monoisotopic (exact) mass is 402 g/mol. The molecule has 0 aromatic heterocycles. The minimum absolute atomic E-state index is 0.0930. The number of halogens is 5. The highest BCUT2D eigenvalue weighted by Crippen LogP contribution is 2.43. The molecule has 150 valence electrons. The third-order valence-electron chi connectivity index (χ3n) is 5.47. The number of rotatable bonds is 4. The number of alkyl halides is 3. The van der Waals surface area contributed by atoms with Crippen LogP contribution in [0.4, 0.5) is 22.0 Å². The van der Waals surface area contributed by atoms with Crippen LogP contribution in [0.2, 0.25) is 0 Å². The zero-order valence-corrected chi connectivity index (χ0v) is 15.8. The molecular weight excluding hydrogens is 383 g/mol. The minimum Gasteiger partial charge on any atom is -0.206 e. The summed E-state index contributed by atoms with van der Waals surface area (Å²) in [7, 11) is 0. The molecule has 3 aromatic rings. The van der Waals surface area contributed by atoms with Gasteiger partial charge < -0.3 is 0 Å². The van der Waals surface area contributed by atoms with Crippen molar-refractivity contribution in [3.63, 3.8) is 0 Å². The molecule has 0 nitrogen and oxygen atoms in total. The molecule has 0 spiro atoms. The molecular formula is C24H19F5. The van der Waals surface area contributed by atoms with Crippen molar-refractivity contribution in [3.05, 3.63) is 82.4 Å². The van der Waals surface area contributed by atoms with Crippen LogP contribution in [0.15, 0.2) is 48.5 Å². The van der Waals surface area contributed by atoms with Crippen molar-refractivity contribution in [1.29, 1.82) is 0 Å². The van der Waals surface area contributed by atoms with E-state index in [1.807, 2.05) is 18.2 Å². The van der Waals surface area contributed by atoms with E-state index in [0.717, 1.165) is 54.7 Å². The smallest absolute Gasteiger partial charge is 0.206 e. The summed E-state index contributed by atoms with van der Waals surface area (Å²) < 4.78 is 68.4. The van der Waals surface area contributed by atoms with Crippen molar-refractivity contribution in [2.75, 3.05) is 0 Å². The van der Waals surface area contributed by atoms with E-state index in [9.17, 15) is 17.6 Å². The third kappa shape index (κ3) is 3.54. The minimum atomic E-state index is -4.50. The standard InChI is InChI=1S/C24H19F5/c1-2-3-4-14-5-10-18-16(11-14)12-20-19(18)13-21(25)22(23(20)26)15-6-8-17(9-7-15)24(27,28)29/h5-11,13H,2-4,12H2,1H3. The van der Waals surface area contributed by atoms with Crippen LogP contribution >= 0.6 is 0 Å². The quantitative estimate of drug-likeness (QED) is 0.309. The number of fused-ring (bicyclic) bond motifs is 3. The Morgan fingerprint density at radius 1 is 0.897 bits per heavy atom. The molecule has 0 heterocycles. The van der Waals surface area contributed by atoms with Crippen molar-refractivity contribution >= 4 is 0 Å². The van der Waals surface area contributed by atoms with E-state index in [2.05, 4.69) is 6.92 Å². The molecule has 0 saturated heterocycles. The van der Waals surface area contributed by atoms with Gasteiger partial charge in [-0.2, -0.15) is 13.2 Å². The molecule has 0 N–H and O–H groups in total. The highest BCUT2D eigenvalue weighted by atomic mass is 19.4. The van der Waals surface area contributed by atoms with E-state index in [-0.39, 0.29) is 11.1 Å². The molecule has 1 aliphatic rings. The Bertz CT molecular complexity index is 1060. The SMILES string of the molecule is CCCCc1ccc2c(c1)Cc1c-2cc(F)c(-c2ccc(C(F)(F)F)cc2)c1F. The Morgan fingerprint density at radius 3 is 2.28 bits per heavy atom. The molecule has 0 unspecified atom stereocenters. The molecule has 5 heteroatoms. The first-order chi connectivity index (χ1) is 13.8. The highest BCUT2D eigenvalue weighted by Gasteiger charge is 2.31. The average Bonchev–Trinajstić information content (AvgIpc) is 3.04. The lowest BCUT2D eigenvalue weighted by Gasteiger charge is -2.12. The molecule has 0 bridgehead atoms. The van der Waals surface area contributed by atoms with Crippen LogP contribution < -0.4 is 0 Å². The van der Waals surface area contributed by atoms with Crippen molar-refractivity contribution in [2.45, 2.75) is 38.8 Å². The fraction of sp³-hybridized carbons (Fsp3) is 0.250. The second-order valence-corrected chi connectivity index (χ2v) is 7.42. The van der Waals surface area contributed by atoms with Gasteiger partial charge in [-0.05, 0) is 58.9 Å². The van der Waals surface area contributed by atoms with Crippen molar-refractivity contribution in [1.82, 2.24) is 0 Å². The molecule has 0 radical (unpaired) electrons. The largest absolute Gasteiger partial charge is 0.416 e. The van der Waals surface area contributed by atoms with Gasteiger partial charge in [-0.15, -0.1) is 0 Å². The summed E-state index contributed by atoms with van der Waals surface area (Å²) in [6, 6.07) is 11.1. The van der Waals surface area contributed by atoms with Gasteiger partial charge in [-0.3, -0.25) is 0 Å². The van der Waals surface area contributed by atoms with Crippen LogP contribution in [0.1, 0.15) is 42.0 Å². The van der Waals surface area contributed by atoms with E-state index in [0.29, 0.717) is 17.5 Å². The normalized spacial score (nSPS) is 12.8. The van der Waals surface area contributed by atoms with Crippen LogP contribution in [-0.4, -0.2) is 0 Å². The summed E-state index contributed by atoms with van der Waals surface area (Å²) in [5.74, 6) is -1.48. The molecule has 0 atom stereocenters. The first-order valence-electron chi connectivity index (χ1n) is 9.60. The summed E-state index contributed by atoms with van der Waals surface area (Å²) in [4.78, 5) is 0. The predicted molar refractivity (Wildman–Crippen MR) is 104 cm³/mol. The maximum absolute atomic E-state index is 15.3. The molecule has 1 aliphatic carbocycles. The summed E-state index contributed by atoms with van der Waals surface area (Å²) in [5, 5.41) is 0. The molecule has 4 rings (SSSR count). The van der Waals surface area contributed by atoms with Gasteiger partial charge in [0.2, 0.25) is 0 Å². The van der Waals surface area contributed by atoms with Gasteiger partial charge in [0.1, 0.15) is 11.6 Å². The number of benzene rings is 3. The molecule has 0 aliphatic heterocycles. The zero-order valence-electron chi connectivity index (χ0n) is 15.8. The van der Waals surface area contributed by atoms with Gasteiger partial charge in [0.05, 0.1) is 11.1 Å². The van der Waals surface area contributed by atoms with Crippen LogP contribution in [-0.2, 0) is 19.0 Å². The summed E-state index contributed by atoms with van der Waals surface area (Å²) >= 11 is 0. The maximum Gasteiger partial charge on any atom is 0.416 e. The van der Waals surface area contributed by atoms with Gasteiger partial charge in [0.25, 0.3) is 0 Å². The fourth-order valence-electron chi connectivity index (χ4n) is 3.95. The summed E-state index contributed by atoms with van der Waals surface area (Å²) in [6.07, 6.45) is -1.07. The fourth-order valence-corrected chi connectivity index (χ4v) is 3.95. The number of hydrogen-bond donors (Lipinski definition) is 0. The van der Waals surface area contributed by atoms with E-state index in [4.69, 9.17) is 0 Å². The Labute approximate surface area is 166 Å². The highest BCUT2D eigenvalue weighted by molar-refractivity contribution is 5.81. The zero-order chi connectivity index (χ0) is 20.8. The summed E-state index contributed by atoms with van der Waals surface area (Å²) in [6.45, 7) is 2.12. The molecule has 0 saturated carbocycles. The third-order valence-corrected chi connectivity index (χ3v) is 5.47. The second kappa shape index (κ2) is 7.29. The van der Waals surface area contributed by atoms with E-state index in [1.54, 1.807) is 0 Å². The summed E-state index contributed by atoms with van der Waals surface area (Å²) in [5.41, 5.74) is 2.81. The van der Waals surface area contributed by atoms with E-state index >= 15 is 4.39 Å². The maximum atomic E-state index is 15.3. The molecule has 3 aromatic carbocycles. The predicted octanol–water partition coefficient (Wildman–Crippen LogP) is 7.56. The number of hydrogen-bond acceptors (Lipinski definition) is 0. The lowest BCUT2D eigenvalue weighted by molar-refractivity contribution is -0.137. The van der Waals surface area contributed by atoms with Crippen LogP contribution in [0.5, 0.6) is 0 Å². The Balaban J connectivity index is 1.74. The Morgan fingerprint density at radius 2 is 1.62 bits per heavy atom. The van der Waals surface area contributed by atoms with Crippen molar-refractivity contribution < 1.29 is 22.0 Å². The van der Waals surface area contributed by atoms with Gasteiger partial charge >= 0.3 is 6.18 Å². The van der Waals surface area contributed by atoms with E-state index < -0.39 is 23.4 Å². The lowest BCUT2D eigenvalue weighted by atomic mass is 9.96. The number of unbranched alkanes of at least 4 members (excludes halogenated alkanes) is 1. The topological polar surface area (TPSA) is 0 Å². The molecule has 0 fully saturated rings. The molecule has 29 heavy (non-hydrogen) atoms. The van der Waals surface area contributed by atoms with Gasteiger partial charge in [0, 0.05) is 12.0 Å². The van der Waals surface area contributed by atoms with Crippen molar-refractivity contribution in [3.8, 4) is 22.3 Å². The first-order valence-corrected chi connectivity index (χ1v) is 9.60. The van der Waals surface area contributed by atoms with Crippen molar-refractivity contribution in [2.24, 2.45) is 0 Å². The Hall–Kier alpha value is -2.69. The van der Waals surface area contributed by atoms with Crippen LogP contribution in [0, 0.1) is 11.6 Å². The van der Waals surface area contributed by atoms with E-state index in [1.165, 1.54) is 11.6 Å². The van der Waals surface area contributed by atoms with Gasteiger partial charge in [0.15, 0.2) is 0 Å².